The van der Waals surface area contributed by atoms with Crippen LogP contribution in [0.2, 0.25) is 0 Å². The first-order chi connectivity index (χ1) is 8.91. The van der Waals surface area contributed by atoms with Crippen molar-refractivity contribution < 1.29 is 14.3 Å². The highest BCUT2D eigenvalue weighted by atomic mass is 16.6. The Kier molecular flexibility index (Phi) is 6.05. The van der Waals surface area contributed by atoms with Crippen LogP contribution in [0.15, 0.2) is 11.6 Å². The van der Waals surface area contributed by atoms with Crippen molar-refractivity contribution in [3.63, 3.8) is 0 Å². The fraction of sp³-hybridized carbons (Fsp3) is 0.812. The average molecular weight is 268 g/mol. The van der Waals surface area contributed by atoms with E-state index in [0.717, 1.165) is 19.4 Å². The molecule has 2 unspecified atom stereocenters. The monoisotopic (exact) mass is 268 g/mol. The minimum absolute atomic E-state index is 0.0121. The number of carbonyl (C=O) groups is 1. The third kappa shape index (κ3) is 4.64. The summed E-state index contributed by atoms with van der Waals surface area (Å²) in [6, 6.07) is 0. The Balaban J connectivity index is 2.26. The van der Waals surface area contributed by atoms with Crippen LogP contribution in [0.3, 0.4) is 0 Å². The molecule has 0 aromatic rings. The lowest BCUT2D eigenvalue weighted by Gasteiger charge is -2.06. The Hall–Kier alpha value is -0.830. The second-order valence-corrected chi connectivity index (χ2v) is 6.20. The van der Waals surface area contributed by atoms with Crippen molar-refractivity contribution in [2.75, 3.05) is 19.8 Å². The first kappa shape index (κ1) is 16.2. The Bertz CT molecular complexity index is 327. The van der Waals surface area contributed by atoms with E-state index in [2.05, 4.69) is 40.7 Å². The molecule has 110 valence electrons. The van der Waals surface area contributed by atoms with Crippen LogP contribution in [0.25, 0.3) is 0 Å². The van der Waals surface area contributed by atoms with Gasteiger partial charge in [0.2, 0.25) is 0 Å². The third-order valence-electron chi connectivity index (χ3n) is 3.79. The summed E-state index contributed by atoms with van der Waals surface area (Å²) in [7, 11) is 0. The predicted molar refractivity (Wildman–Crippen MR) is 76.9 cm³/mol. The molecule has 1 rings (SSSR count). The van der Waals surface area contributed by atoms with Crippen LogP contribution >= 0.6 is 0 Å². The lowest BCUT2D eigenvalue weighted by atomic mass is 10.1. The second kappa shape index (κ2) is 7.09. The summed E-state index contributed by atoms with van der Waals surface area (Å²) >= 11 is 0. The van der Waals surface area contributed by atoms with E-state index in [9.17, 15) is 4.79 Å². The Labute approximate surface area is 117 Å². The first-order valence-electron chi connectivity index (χ1n) is 7.30. The molecule has 19 heavy (non-hydrogen) atoms. The van der Waals surface area contributed by atoms with E-state index in [-0.39, 0.29) is 17.3 Å². The zero-order valence-electron chi connectivity index (χ0n) is 13.0. The highest BCUT2D eigenvalue weighted by Gasteiger charge is 2.61. The lowest BCUT2D eigenvalue weighted by molar-refractivity contribution is -0.147. The van der Waals surface area contributed by atoms with Gasteiger partial charge in [0.15, 0.2) is 0 Å². The number of rotatable bonds is 8. The van der Waals surface area contributed by atoms with Crippen molar-refractivity contribution in [3.8, 4) is 0 Å². The van der Waals surface area contributed by atoms with Gasteiger partial charge in [-0.1, -0.05) is 38.8 Å². The Morgan fingerprint density at radius 3 is 2.47 bits per heavy atom. The van der Waals surface area contributed by atoms with Gasteiger partial charge in [0.05, 0.1) is 12.5 Å². The molecule has 1 saturated carbocycles. The van der Waals surface area contributed by atoms with Crippen LogP contribution < -0.4 is 0 Å². The third-order valence-corrected chi connectivity index (χ3v) is 3.79. The molecule has 0 radical (unpaired) electrons. The van der Waals surface area contributed by atoms with Crippen molar-refractivity contribution >= 4 is 5.97 Å². The molecule has 0 aliphatic heterocycles. The number of ether oxygens (including phenoxy) is 2. The minimum atomic E-state index is -0.0772. The number of esters is 1. The highest BCUT2D eigenvalue weighted by molar-refractivity contribution is 5.78. The van der Waals surface area contributed by atoms with Crippen molar-refractivity contribution in [2.45, 2.75) is 47.5 Å². The molecule has 3 heteroatoms. The van der Waals surface area contributed by atoms with E-state index in [1.807, 2.05) is 0 Å². The Morgan fingerprint density at radius 1 is 1.21 bits per heavy atom. The highest BCUT2D eigenvalue weighted by Crippen LogP contribution is 2.59. The molecule has 1 aliphatic carbocycles. The number of hydrogen-bond donors (Lipinski definition) is 0. The van der Waals surface area contributed by atoms with Crippen LogP contribution in [0.1, 0.15) is 47.5 Å². The summed E-state index contributed by atoms with van der Waals surface area (Å²) in [5.41, 5.74) is 1.30. The van der Waals surface area contributed by atoms with Crippen molar-refractivity contribution in [1.82, 2.24) is 0 Å². The number of unbranched alkanes of at least 4 members (excludes halogenated alkanes) is 1. The van der Waals surface area contributed by atoms with Gasteiger partial charge >= 0.3 is 5.97 Å². The Morgan fingerprint density at radius 2 is 1.89 bits per heavy atom. The van der Waals surface area contributed by atoms with E-state index in [1.54, 1.807) is 0 Å². The zero-order valence-corrected chi connectivity index (χ0v) is 13.0. The van der Waals surface area contributed by atoms with Crippen molar-refractivity contribution in [1.29, 1.82) is 0 Å². The van der Waals surface area contributed by atoms with Crippen LogP contribution in [0, 0.1) is 17.3 Å². The molecule has 0 N–H and O–H groups in total. The molecule has 0 bridgehead atoms. The standard InChI is InChI=1S/C16H28O3/c1-6-7-8-18-9-10-19-15(17)14-13(11-12(2)3)16(14,4)5/h11,13-14H,6-10H2,1-5H3. The molecule has 3 nitrogen and oxygen atoms in total. The van der Waals surface area contributed by atoms with Crippen LogP contribution in [0.4, 0.5) is 0 Å². The maximum Gasteiger partial charge on any atom is 0.310 e. The molecule has 0 amide bonds. The zero-order chi connectivity index (χ0) is 14.5. The maximum absolute atomic E-state index is 12.0. The fourth-order valence-electron chi connectivity index (χ4n) is 2.44. The van der Waals surface area contributed by atoms with Gasteiger partial charge in [-0.05, 0) is 31.6 Å². The molecule has 0 spiro atoms. The molecule has 2 atom stereocenters. The molecule has 0 heterocycles. The summed E-state index contributed by atoms with van der Waals surface area (Å²) in [5, 5.41) is 0. The van der Waals surface area contributed by atoms with Gasteiger partial charge < -0.3 is 9.47 Å². The molecule has 1 fully saturated rings. The fourth-order valence-corrected chi connectivity index (χ4v) is 2.44. The SMILES string of the molecule is CCCCOCCOC(=O)C1C(C=C(C)C)C1(C)C. The van der Waals surface area contributed by atoms with Gasteiger partial charge in [-0.3, -0.25) is 4.79 Å². The molecule has 0 aromatic heterocycles. The van der Waals surface area contributed by atoms with Crippen LogP contribution in [0.5, 0.6) is 0 Å². The van der Waals surface area contributed by atoms with E-state index in [0.29, 0.717) is 19.1 Å². The molecular weight excluding hydrogens is 240 g/mol. The quantitative estimate of drug-likeness (QED) is 0.383. The van der Waals surface area contributed by atoms with Gasteiger partial charge in [-0.15, -0.1) is 0 Å². The summed E-state index contributed by atoms with van der Waals surface area (Å²) < 4.78 is 10.7. The number of hydrogen-bond acceptors (Lipinski definition) is 3. The van der Waals surface area contributed by atoms with Gasteiger partial charge in [0, 0.05) is 6.61 Å². The second-order valence-electron chi connectivity index (χ2n) is 6.20. The first-order valence-corrected chi connectivity index (χ1v) is 7.30. The number of carbonyl (C=O) groups excluding carboxylic acids is 1. The minimum Gasteiger partial charge on any atom is -0.463 e. The van der Waals surface area contributed by atoms with Crippen molar-refractivity contribution in [3.05, 3.63) is 11.6 Å². The van der Waals surface area contributed by atoms with Crippen molar-refractivity contribution in [2.24, 2.45) is 17.3 Å². The largest absolute Gasteiger partial charge is 0.463 e. The van der Waals surface area contributed by atoms with Crippen LogP contribution in [-0.4, -0.2) is 25.8 Å². The summed E-state index contributed by atoms with van der Waals surface area (Å²) in [6.07, 6.45) is 4.37. The van der Waals surface area contributed by atoms with E-state index in [4.69, 9.17) is 9.47 Å². The summed E-state index contributed by atoms with van der Waals surface area (Å²) in [5.74, 6) is 0.260. The smallest absolute Gasteiger partial charge is 0.310 e. The summed E-state index contributed by atoms with van der Waals surface area (Å²) in [4.78, 5) is 12.0. The van der Waals surface area contributed by atoms with Gasteiger partial charge in [-0.2, -0.15) is 0 Å². The van der Waals surface area contributed by atoms with Gasteiger partial charge in [0.25, 0.3) is 0 Å². The number of allylic oxidation sites excluding steroid dienone is 2. The summed E-state index contributed by atoms with van der Waals surface area (Å²) in [6.45, 7) is 12.1. The van der Waals surface area contributed by atoms with E-state index in [1.165, 1.54) is 5.57 Å². The lowest BCUT2D eigenvalue weighted by Crippen LogP contribution is -2.14. The van der Waals surface area contributed by atoms with E-state index >= 15 is 0 Å². The van der Waals surface area contributed by atoms with Crippen LogP contribution in [-0.2, 0) is 14.3 Å². The molecule has 0 saturated heterocycles. The molecular formula is C16H28O3. The van der Waals surface area contributed by atoms with E-state index < -0.39 is 0 Å². The predicted octanol–water partition coefficient (Wildman–Crippen LogP) is 3.58. The average Bonchev–Trinajstić information content (AvgIpc) is 2.84. The van der Waals surface area contributed by atoms with Gasteiger partial charge in [-0.25, -0.2) is 0 Å². The normalized spacial score (nSPS) is 23.8. The maximum atomic E-state index is 12.0. The topological polar surface area (TPSA) is 35.5 Å². The molecule has 1 aliphatic rings. The molecule has 0 aromatic carbocycles. The van der Waals surface area contributed by atoms with Gasteiger partial charge in [0.1, 0.15) is 6.61 Å².